The summed E-state index contributed by atoms with van der Waals surface area (Å²) < 4.78 is 22.8. The van der Waals surface area contributed by atoms with Crippen molar-refractivity contribution in [3.8, 4) is 0 Å². The van der Waals surface area contributed by atoms with E-state index in [-0.39, 0.29) is 34.7 Å². The van der Waals surface area contributed by atoms with Gasteiger partial charge in [0.1, 0.15) is 9.84 Å². The monoisotopic (exact) mass is 325 g/mol. The van der Waals surface area contributed by atoms with E-state index in [9.17, 15) is 18.0 Å². The summed E-state index contributed by atoms with van der Waals surface area (Å²) in [6, 6.07) is 4.42. The van der Waals surface area contributed by atoms with E-state index in [2.05, 4.69) is 5.32 Å². The molecule has 1 saturated carbocycles. The second-order valence-electron chi connectivity index (χ2n) is 6.15. The second-order valence-corrected chi connectivity index (χ2v) is 8.29. The maximum absolute atomic E-state index is 12.2. The molecule has 1 aliphatic rings. The van der Waals surface area contributed by atoms with Crippen LogP contribution in [0.3, 0.4) is 0 Å². The summed E-state index contributed by atoms with van der Waals surface area (Å²) in [4.78, 5) is 23.2. The number of sulfone groups is 1. The van der Waals surface area contributed by atoms with Gasteiger partial charge in [0, 0.05) is 23.8 Å². The van der Waals surface area contributed by atoms with E-state index in [0.29, 0.717) is 5.56 Å². The number of hydrogen-bond donors (Lipinski definition) is 2. The number of benzene rings is 1. The van der Waals surface area contributed by atoms with Gasteiger partial charge < -0.3 is 10.4 Å². The summed E-state index contributed by atoms with van der Waals surface area (Å²) in [5, 5.41) is 11.7. The van der Waals surface area contributed by atoms with Crippen molar-refractivity contribution in [1.29, 1.82) is 0 Å². The molecule has 1 aromatic carbocycles. The van der Waals surface area contributed by atoms with Crippen molar-refractivity contribution in [1.82, 2.24) is 5.32 Å². The zero-order chi connectivity index (χ0) is 16.5. The van der Waals surface area contributed by atoms with Gasteiger partial charge in [0.05, 0.1) is 11.3 Å². The topological polar surface area (TPSA) is 101 Å². The molecule has 1 aliphatic carbocycles. The quantitative estimate of drug-likeness (QED) is 0.820. The summed E-state index contributed by atoms with van der Waals surface area (Å²) in [6.07, 6.45) is 2.73. The molecule has 120 valence electrons. The zero-order valence-corrected chi connectivity index (χ0v) is 13.4. The molecule has 22 heavy (non-hydrogen) atoms. The minimum Gasteiger partial charge on any atom is -0.478 e. The van der Waals surface area contributed by atoms with Crippen LogP contribution in [-0.4, -0.2) is 44.0 Å². The van der Waals surface area contributed by atoms with Gasteiger partial charge in [-0.25, -0.2) is 13.2 Å². The van der Waals surface area contributed by atoms with Crippen molar-refractivity contribution in [2.24, 2.45) is 5.41 Å². The van der Waals surface area contributed by atoms with Gasteiger partial charge in [0.2, 0.25) is 0 Å². The highest BCUT2D eigenvalue weighted by Gasteiger charge is 2.45. The highest BCUT2D eigenvalue weighted by atomic mass is 32.2. The fourth-order valence-corrected chi connectivity index (χ4v) is 4.02. The number of carbonyl (C=O) groups excluding carboxylic acids is 1. The van der Waals surface area contributed by atoms with Gasteiger partial charge in [-0.15, -0.1) is 0 Å². The Balaban J connectivity index is 2.06. The van der Waals surface area contributed by atoms with Crippen LogP contribution in [0.2, 0.25) is 0 Å². The van der Waals surface area contributed by atoms with Crippen LogP contribution in [0.15, 0.2) is 18.2 Å². The van der Waals surface area contributed by atoms with E-state index in [4.69, 9.17) is 5.11 Å². The first-order chi connectivity index (χ1) is 10.1. The van der Waals surface area contributed by atoms with Gasteiger partial charge >= 0.3 is 5.97 Å². The molecule has 2 rings (SSSR count). The fourth-order valence-electron chi connectivity index (χ4n) is 2.51. The standard InChI is InChI=1S/C15H19NO5S/c1-10-5-11(7-12(6-10)14(18)19)13(17)16-8-15(3-4-15)9-22(2,20)21/h5-7H,3-4,8-9H2,1-2H3,(H,16,17)(H,18,19). The van der Waals surface area contributed by atoms with Crippen molar-refractivity contribution in [3.05, 3.63) is 34.9 Å². The number of hydrogen-bond acceptors (Lipinski definition) is 4. The van der Waals surface area contributed by atoms with Crippen molar-refractivity contribution in [2.45, 2.75) is 19.8 Å². The number of carbonyl (C=O) groups is 2. The summed E-state index contributed by atoms with van der Waals surface area (Å²) in [6.45, 7) is 2.00. The lowest BCUT2D eigenvalue weighted by atomic mass is 10.1. The summed E-state index contributed by atoms with van der Waals surface area (Å²) in [5.74, 6) is -1.41. The zero-order valence-electron chi connectivity index (χ0n) is 12.5. The van der Waals surface area contributed by atoms with Crippen LogP contribution in [0.5, 0.6) is 0 Å². The molecule has 0 spiro atoms. The van der Waals surface area contributed by atoms with E-state index >= 15 is 0 Å². The second kappa shape index (κ2) is 5.72. The Hall–Kier alpha value is -1.89. The first kappa shape index (κ1) is 16.5. The molecule has 0 saturated heterocycles. The Bertz CT molecular complexity index is 719. The summed E-state index contributed by atoms with van der Waals surface area (Å²) in [5.41, 5.74) is 0.653. The third kappa shape index (κ3) is 4.30. The number of rotatable bonds is 6. The fraction of sp³-hybridized carbons (Fsp3) is 0.467. The Morgan fingerprint density at radius 2 is 1.82 bits per heavy atom. The van der Waals surface area contributed by atoms with E-state index in [0.717, 1.165) is 12.8 Å². The van der Waals surface area contributed by atoms with Crippen molar-refractivity contribution in [2.75, 3.05) is 18.6 Å². The van der Waals surface area contributed by atoms with Crippen LogP contribution in [0, 0.1) is 12.3 Å². The molecular formula is C15H19NO5S. The molecule has 1 aromatic rings. The third-order valence-corrected chi connectivity index (χ3v) is 4.87. The van der Waals surface area contributed by atoms with E-state index in [1.54, 1.807) is 13.0 Å². The number of aromatic carboxylic acids is 1. The van der Waals surface area contributed by atoms with Crippen LogP contribution >= 0.6 is 0 Å². The highest BCUT2D eigenvalue weighted by molar-refractivity contribution is 7.90. The Kier molecular flexibility index (Phi) is 4.28. The van der Waals surface area contributed by atoms with Gasteiger partial charge in [0.15, 0.2) is 0 Å². The Morgan fingerprint density at radius 1 is 1.23 bits per heavy atom. The molecule has 0 radical (unpaired) electrons. The molecule has 0 aliphatic heterocycles. The molecule has 7 heteroatoms. The van der Waals surface area contributed by atoms with Crippen molar-refractivity contribution < 1.29 is 23.1 Å². The van der Waals surface area contributed by atoms with Crippen LogP contribution < -0.4 is 5.32 Å². The van der Waals surface area contributed by atoms with Crippen LogP contribution in [-0.2, 0) is 9.84 Å². The lowest BCUT2D eigenvalue weighted by Crippen LogP contribution is -2.33. The predicted molar refractivity (Wildman–Crippen MR) is 81.8 cm³/mol. The van der Waals surface area contributed by atoms with Crippen LogP contribution in [0.25, 0.3) is 0 Å². The molecule has 0 bridgehead atoms. The Morgan fingerprint density at radius 3 is 2.32 bits per heavy atom. The van der Waals surface area contributed by atoms with E-state index in [1.165, 1.54) is 18.4 Å². The molecule has 1 fully saturated rings. The van der Waals surface area contributed by atoms with E-state index in [1.807, 2.05) is 0 Å². The molecular weight excluding hydrogens is 306 g/mol. The number of nitrogens with one attached hydrogen (secondary N) is 1. The molecule has 0 heterocycles. The minimum atomic E-state index is -3.09. The lowest BCUT2D eigenvalue weighted by molar-refractivity contribution is 0.0696. The normalized spacial score (nSPS) is 16.1. The number of amides is 1. The van der Waals surface area contributed by atoms with Gasteiger partial charge in [0.25, 0.3) is 5.91 Å². The third-order valence-electron chi connectivity index (χ3n) is 3.74. The SMILES string of the molecule is Cc1cc(C(=O)O)cc(C(=O)NCC2(CS(C)(=O)=O)CC2)c1. The smallest absolute Gasteiger partial charge is 0.335 e. The lowest BCUT2D eigenvalue weighted by Gasteiger charge is -2.15. The molecule has 0 unspecified atom stereocenters. The number of carboxylic acids is 1. The van der Waals surface area contributed by atoms with Gasteiger partial charge in [-0.05, 0) is 43.5 Å². The van der Waals surface area contributed by atoms with Gasteiger partial charge in [-0.2, -0.15) is 0 Å². The molecule has 0 aromatic heterocycles. The molecule has 6 nitrogen and oxygen atoms in total. The van der Waals surface area contributed by atoms with Crippen LogP contribution in [0.4, 0.5) is 0 Å². The van der Waals surface area contributed by atoms with Crippen LogP contribution in [0.1, 0.15) is 39.1 Å². The van der Waals surface area contributed by atoms with Gasteiger partial charge in [-0.1, -0.05) is 0 Å². The van der Waals surface area contributed by atoms with Crippen molar-refractivity contribution >= 4 is 21.7 Å². The maximum Gasteiger partial charge on any atom is 0.335 e. The average Bonchev–Trinajstić information content (AvgIpc) is 3.13. The maximum atomic E-state index is 12.2. The minimum absolute atomic E-state index is 0.0578. The summed E-state index contributed by atoms with van der Waals surface area (Å²) in [7, 11) is -3.09. The average molecular weight is 325 g/mol. The number of carboxylic acid groups (broad SMARTS) is 1. The summed E-state index contributed by atoms with van der Waals surface area (Å²) >= 11 is 0. The van der Waals surface area contributed by atoms with E-state index < -0.39 is 15.8 Å². The first-order valence-corrected chi connectivity index (χ1v) is 8.97. The molecule has 0 atom stereocenters. The Labute approximate surface area is 129 Å². The highest BCUT2D eigenvalue weighted by Crippen LogP contribution is 2.46. The molecule has 2 N–H and O–H groups in total. The predicted octanol–water partition coefficient (Wildman–Crippen LogP) is 1.25. The first-order valence-electron chi connectivity index (χ1n) is 6.91. The number of aryl methyl sites for hydroxylation is 1. The molecule has 1 amide bonds. The van der Waals surface area contributed by atoms with Gasteiger partial charge in [-0.3, -0.25) is 4.79 Å². The van der Waals surface area contributed by atoms with Crippen molar-refractivity contribution in [3.63, 3.8) is 0 Å². The largest absolute Gasteiger partial charge is 0.478 e.